The van der Waals surface area contributed by atoms with Crippen molar-refractivity contribution in [3.8, 4) is 0 Å². The van der Waals surface area contributed by atoms with Gasteiger partial charge in [-0.1, -0.05) is 24.3 Å². The molecule has 5 nitrogen and oxygen atoms in total. The highest BCUT2D eigenvalue weighted by atomic mass is 16.4. The topological polar surface area (TPSA) is 77.8 Å². The Bertz CT molecular complexity index is 500. The molecule has 1 aromatic carbocycles. The van der Waals surface area contributed by atoms with Crippen molar-refractivity contribution >= 4 is 11.9 Å². The Kier molecular flexibility index (Phi) is 3.85. The number of carboxylic acid groups (broad SMARTS) is 1. The van der Waals surface area contributed by atoms with Crippen LogP contribution < -0.4 is 0 Å². The number of hydrogen-bond acceptors (Lipinski definition) is 3. The lowest BCUT2D eigenvalue weighted by Crippen LogP contribution is -2.41. The Hall–Kier alpha value is -1.88. The molecule has 1 saturated heterocycles. The summed E-state index contributed by atoms with van der Waals surface area (Å²) in [7, 11) is 0. The third-order valence-electron chi connectivity index (χ3n) is 3.49. The van der Waals surface area contributed by atoms with Crippen LogP contribution in [0, 0.1) is 6.92 Å². The molecule has 1 aliphatic heterocycles. The van der Waals surface area contributed by atoms with Crippen LogP contribution in [0.15, 0.2) is 24.3 Å². The van der Waals surface area contributed by atoms with Gasteiger partial charge in [-0.25, -0.2) is 4.79 Å². The second-order valence-electron chi connectivity index (χ2n) is 4.89. The lowest BCUT2D eigenvalue weighted by atomic mass is 10.1. The number of aliphatic hydroxyl groups excluding tert-OH is 1. The van der Waals surface area contributed by atoms with Crippen LogP contribution in [0.4, 0.5) is 0 Å². The van der Waals surface area contributed by atoms with Crippen LogP contribution in [0.3, 0.4) is 0 Å². The van der Waals surface area contributed by atoms with E-state index in [1.807, 2.05) is 31.2 Å². The highest BCUT2D eigenvalue weighted by molar-refractivity contribution is 5.85. The van der Waals surface area contributed by atoms with Gasteiger partial charge in [0.2, 0.25) is 5.91 Å². The van der Waals surface area contributed by atoms with Crippen molar-refractivity contribution in [3.63, 3.8) is 0 Å². The average Bonchev–Trinajstić information content (AvgIpc) is 2.74. The van der Waals surface area contributed by atoms with Gasteiger partial charge in [0.1, 0.15) is 6.04 Å². The van der Waals surface area contributed by atoms with E-state index in [-0.39, 0.29) is 25.3 Å². The van der Waals surface area contributed by atoms with Crippen LogP contribution in [0.1, 0.15) is 17.5 Å². The number of benzene rings is 1. The Morgan fingerprint density at radius 1 is 1.37 bits per heavy atom. The summed E-state index contributed by atoms with van der Waals surface area (Å²) in [5, 5.41) is 18.6. The van der Waals surface area contributed by atoms with Crippen molar-refractivity contribution < 1.29 is 19.8 Å². The van der Waals surface area contributed by atoms with Gasteiger partial charge in [-0.3, -0.25) is 4.79 Å². The average molecular weight is 263 g/mol. The predicted molar refractivity (Wildman–Crippen MR) is 68.6 cm³/mol. The molecular weight excluding hydrogens is 246 g/mol. The van der Waals surface area contributed by atoms with E-state index < -0.39 is 18.1 Å². The quantitative estimate of drug-likeness (QED) is 0.836. The molecule has 1 aromatic rings. The molecule has 1 aliphatic rings. The zero-order valence-corrected chi connectivity index (χ0v) is 10.7. The number of aryl methyl sites for hydroxylation is 1. The zero-order chi connectivity index (χ0) is 14.0. The maximum Gasteiger partial charge on any atom is 0.326 e. The Morgan fingerprint density at radius 2 is 2.05 bits per heavy atom. The molecule has 2 atom stereocenters. The lowest BCUT2D eigenvalue weighted by Gasteiger charge is -2.21. The van der Waals surface area contributed by atoms with E-state index in [9.17, 15) is 14.7 Å². The molecule has 5 heteroatoms. The van der Waals surface area contributed by atoms with Gasteiger partial charge in [0.05, 0.1) is 12.5 Å². The van der Waals surface area contributed by atoms with E-state index in [2.05, 4.69) is 0 Å². The molecule has 1 amide bonds. The van der Waals surface area contributed by atoms with Crippen LogP contribution in [-0.4, -0.2) is 45.7 Å². The summed E-state index contributed by atoms with van der Waals surface area (Å²) in [5.41, 5.74) is 1.89. The number of carboxylic acids is 1. The smallest absolute Gasteiger partial charge is 0.326 e. The van der Waals surface area contributed by atoms with Crippen LogP contribution in [0.5, 0.6) is 0 Å². The second kappa shape index (κ2) is 5.40. The summed E-state index contributed by atoms with van der Waals surface area (Å²) < 4.78 is 0. The van der Waals surface area contributed by atoms with E-state index >= 15 is 0 Å². The molecule has 2 N–H and O–H groups in total. The molecule has 2 rings (SSSR count). The first-order valence-corrected chi connectivity index (χ1v) is 6.24. The number of aliphatic hydroxyl groups is 1. The summed E-state index contributed by atoms with van der Waals surface area (Å²) in [6.45, 7) is 2.01. The zero-order valence-electron chi connectivity index (χ0n) is 10.7. The fraction of sp³-hybridized carbons (Fsp3) is 0.429. The van der Waals surface area contributed by atoms with Gasteiger partial charge in [-0.2, -0.15) is 0 Å². The lowest BCUT2D eigenvalue weighted by molar-refractivity contribution is -0.148. The van der Waals surface area contributed by atoms with Crippen LogP contribution in [-0.2, 0) is 16.0 Å². The van der Waals surface area contributed by atoms with Crippen molar-refractivity contribution in [2.75, 3.05) is 6.54 Å². The van der Waals surface area contributed by atoms with Gasteiger partial charge in [0.15, 0.2) is 0 Å². The van der Waals surface area contributed by atoms with E-state index in [4.69, 9.17) is 5.11 Å². The van der Waals surface area contributed by atoms with Crippen molar-refractivity contribution in [3.05, 3.63) is 35.4 Å². The van der Waals surface area contributed by atoms with E-state index in [0.29, 0.717) is 0 Å². The number of likely N-dealkylation sites (tertiary alicyclic amines) is 1. The van der Waals surface area contributed by atoms with Crippen molar-refractivity contribution in [2.45, 2.75) is 31.9 Å². The van der Waals surface area contributed by atoms with Gasteiger partial charge in [-0.15, -0.1) is 0 Å². The largest absolute Gasteiger partial charge is 0.480 e. The predicted octanol–water partition coefficient (Wildman–Crippen LogP) is 0.584. The number of β-amino-alcohol motifs (C(OH)–C–C–N with tert-alkyl or cyclic N) is 1. The molecule has 0 aromatic heterocycles. The fourth-order valence-corrected chi connectivity index (χ4v) is 2.40. The minimum absolute atomic E-state index is 0.0989. The maximum atomic E-state index is 12.2. The van der Waals surface area contributed by atoms with Crippen molar-refractivity contribution in [2.24, 2.45) is 0 Å². The number of carbonyl (C=O) groups excluding carboxylic acids is 1. The summed E-state index contributed by atoms with van der Waals surface area (Å²) in [6, 6.07) is 6.60. The molecule has 1 fully saturated rings. The number of rotatable bonds is 3. The van der Waals surface area contributed by atoms with Crippen LogP contribution in [0.2, 0.25) is 0 Å². The molecule has 102 valence electrons. The highest BCUT2D eigenvalue weighted by Crippen LogP contribution is 2.20. The molecule has 0 spiro atoms. The van der Waals surface area contributed by atoms with Crippen LogP contribution in [0.25, 0.3) is 0 Å². The van der Waals surface area contributed by atoms with Gasteiger partial charge >= 0.3 is 5.97 Å². The van der Waals surface area contributed by atoms with Crippen molar-refractivity contribution in [1.82, 2.24) is 4.90 Å². The minimum Gasteiger partial charge on any atom is -0.480 e. The van der Waals surface area contributed by atoms with E-state index in [1.165, 1.54) is 4.90 Å². The molecule has 1 heterocycles. The Labute approximate surface area is 111 Å². The fourth-order valence-electron chi connectivity index (χ4n) is 2.40. The first-order chi connectivity index (χ1) is 8.99. The van der Waals surface area contributed by atoms with Gasteiger partial charge in [0, 0.05) is 13.0 Å². The molecular formula is C14H17NO4. The van der Waals surface area contributed by atoms with Crippen LogP contribution >= 0.6 is 0 Å². The molecule has 0 saturated carbocycles. The van der Waals surface area contributed by atoms with E-state index in [1.54, 1.807) is 0 Å². The summed E-state index contributed by atoms with van der Waals surface area (Å²) in [5.74, 6) is -1.31. The summed E-state index contributed by atoms with van der Waals surface area (Å²) in [4.78, 5) is 24.5. The normalized spacial score (nSPS) is 22.5. The number of nitrogens with zero attached hydrogens (tertiary/aromatic N) is 1. The first-order valence-electron chi connectivity index (χ1n) is 6.24. The number of carbonyl (C=O) groups is 2. The van der Waals surface area contributed by atoms with Crippen molar-refractivity contribution in [1.29, 1.82) is 0 Å². The SMILES string of the molecule is Cc1ccccc1CC(=O)N1CC(O)CC1C(=O)O. The first kappa shape index (κ1) is 13.5. The van der Waals surface area contributed by atoms with Gasteiger partial charge < -0.3 is 15.1 Å². The number of aliphatic carboxylic acids is 1. The van der Waals surface area contributed by atoms with E-state index in [0.717, 1.165) is 11.1 Å². The Balaban J connectivity index is 2.11. The Morgan fingerprint density at radius 3 is 2.68 bits per heavy atom. The molecule has 0 aliphatic carbocycles. The molecule has 0 bridgehead atoms. The molecule has 19 heavy (non-hydrogen) atoms. The minimum atomic E-state index is -1.06. The van der Waals surface area contributed by atoms with Gasteiger partial charge in [0.25, 0.3) is 0 Å². The molecule has 2 unspecified atom stereocenters. The third-order valence-corrected chi connectivity index (χ3v) is 3.49. The van der Waals surface area contributed by atoms with Gasteiger partial charge in [-0.05, 0) is 18.1 Å². The number of amides is 1. The summed E-state index contributed by atoms with van der Waals surface area (Å²) in [6.07, 6.45) is -0.472. The maximum absolute atomic E-state index is 12.2. The second-order valence-corrected chi connectivity index (χ2v) is 4.89. The highest BCUT2D eigenvalue weighted by Gasteiger charge is 2.38. The standard InChI is InChI=1S/C14H17NO4/c1-9-4-2-3-5-10(9)6-13(17)15-8-11(16)7-12(15)14(18)19/h2-5,11-12,16H,6-8H2,1H3,(H,18,19). The third kappa shape index (κ3) is 2.93. The number of hydrogen-bond donors (Lipinski definition) is 2. The molecule has 0 radical (unpaired) electrons. The summed E-state index contributed by atoms with van der Waals surface area (Å²) >= 11 is 0. The monoisotopic (exact) mass is 263 g/mol.